The summed E-state index contributed by atoms with van der Waals surface area (Å²) in [4.78, 5) is 9.97. The first-order chi connectivity index (χ1) is 12.4. The van der Waals surface area contributed by atoms with Crippen molar-refractivity contribution in [3.05, 3.63) is 55.2 Å². The van der Waals surface area contributed by atoms with Crippen molar-refractivity contribution >= 4 is 27.2 Å². The van der Waals surface area contributed by atoms with Crippen LogP contribution in [0.3, 0.4) is 0 Å². The van der Waals surface area contributed by atoms with Gasteiger partial charge in [0.2, 0.25) is 10.0 Å². The van der Waals surface area contributed by atoms with Crippen molar-refractivity contribution in [2.45, 2.75) is 4.90 Å². The summed E-state index contributed by atoms with van der Waals surface area (Å²) in [7, 11) is -3.73. The van der Waals surface area contributed by atoms with Crippen LogP contribution >= 0.6 is 0 Å². The Hall–Kier alpha value is -3.44. The molecule has 1 aromatic carbocycles. The van der Waals surface area contributed by atoms with Crippen LogP contribution < -0.4 is 16.3 Å². The van der Waals surface area contributed by atoms with Crippen molar-refractivity contribution in [3.63, 3.8) is 0 Å². The Morgan fingerprint density at radius 2 is 1.85 bits per heavy atom. The third kappa shape index (κ3) is 2.85. The van der Waals surface area contributed by atoms with E-state index in [4.69, 9.17) is 11.0 Å². The number of imidazole rings is 1. The maximum absolute atomic E-state index is 11.3. The zero-order valence-electron chi connectivity index (χ0n) is 13.3. The van der Waals surface area contributed by atoms with E-state index in [1.165, 1.54) is 16.9 Å². The van der Waals surface area contributed by atoms with Gasteiger partial charge in [0.15, 0.2) is 11.5 Å². The first-order valence-electron chi connectivity index (χ1n) is 7.44. The molecule has 0 aliphatic rings. The van der Waals surface area contributed by atoms with E-state index in [1.54, 1.807) is 43.1 Å². The smallest absolute Gasteiger partial charge is 0.238 e. The summed E-state index contributed by atoms with van der Waals surface area (Å²) in [5.41, 5.74) is 2.88. The molecule has 0 spiro atoms. The normalized spacial score (nSPS) is 11.7. The maximum Gasteiger partial charge on any atom is 0.238 e. The first-order valence-corrected chi connectivity index (χ1v) is 8.98. The number of rotatable bonds is 4. The molecule has 3 aromatic heterocycles. The van der Waals surface area contributed by atoms with Gasteiger partial charge >= 0.3 is 0 Å². The van der Waals surface area contributed by atoms with Crippen molar-refractivity contribution in [1.29, 1.82) is 0 Å². The summed E-state index contributed by atoms with van der Waals surface area (Å²) >= 11 is 0. The highest BCUT2D eigenvalue weighted by Gasteiger charge is 2.12. The number of nitrogens with one attached hydrogen (secondary N) is 1. The highest BCUT2D eigenvalue weighted by molar-refractivity contribution is 7.89. The fourth-order valence-electron chi connectivity index (χ4n) is 2.56. The number of benzene rings is 1. The molecular weight excluding hydrogens is 356 g/mol. The zero-order chi connectivity index (χ0) is 18.3. The molecule has 132 valence electrons. The Bertz CT molecular complexity index is 1190. The van der Waals surface area contributed by atoms with Crippen LogP contribution in [0.15, 0.2) is 60.1 Å². The van der Waals surface area contributed by atoms with E-state index < -0.39 is 10.0 Å². The van der Waals surface area contributed by atoms with Gasteiger partial charge in [0.05, 0.1) is 29.2 Å². The molecule has 5 N–H and O–H groups in total. The molecule has 0 amide bonds. The van der Waals surface area contributed by atoms with Gasteiger partial charge in [-0.05, 0) is 24.3 Å². The lowest BCUT2D eigenvalue weighted by molar-refractivity contribution is 0.598. The average Bonchev–Trinajstić information content (AvgIpc) is 3.21. The summed E-state index contributed by atoms with van der Waals surface area (Å²) < 4.78 is 24.5. The van der Waals surface area contributed by atoms with E-state index in [-0.39, 0.29) is 4.90 Å². The second-order valence-electron chi connectivity index (χ2n) is 5.52. The van der Waals surface area contributed by atoms with Crippen molar-refractivity contribution in [1.82, 2.24) is 24.3 Å². The molecule has 11 heteroatoms. The molecule has 4 aromatic rings. The first kappa shape index (κ1) is 16.1. The molecule has 0 aliphatic carbocycles. The van der Waals surface area contributed by atoms with Crippen molar-refractivity contribution < 1.29 is 8.42 Å². The van der Waals surface area contributed by atoms with Crippen LogP contribution in [0, 0.1) is 0 Å². The van der Waals surface area contributed by atoms with Gasteiger partial charge in [-0.15, -0.1) is 0 Å². The summed E-state index contributed by atoms with van der Waals surface area (Å²) in [6.07, 6.45) is 8.43. The van der Waals surface area contributed by atoms with E-state index in [0.717, 1.165) is 11.3 Å². The molecule has 0 saturated carbocycles. The number of aromatic nitrogens is 5. The number of sulfonamides is 1. The molecule has 0 radical (unpaired) electrons. The number of anilines is 2. The van der Waals surface area contributed by atoms with Crippen LogP contribution in [0.1, 0.15) is 0 Å². The quantitative estimate of drug-likeness (QED) is 0.448. The second kappa shape index (κ2) is 5.82. The summed E-state index contributed by atoms with van der Waals surface area (Å²) in [6, 6.07) is 6.05. The second-order valence-corrected chi connectivity index (χ2v) is 7.08. The Balaban J connectivity index is 1.70. The Kier molecular flexibility index (Phi) is 3.60. The third-order valence-electron chi connectivity index (χ3n) is 3.77. The van der Waals surface area contributed by atoms with Crippen LogP contribution in [0.4, 0.5) is 11.5 Å². The maximum atomic E-state index is 11.3. The van der Waals surface area contributed by atoms with Gasteiger partial charge in [-0.3, -0.25) is 4.40 Å². The summed E-state index contributed by atoms with van der Waals surface area (Å²) in [5.74, 6) is 6.12. The van der Waals surface area contributed by atoms with Crippen LogP contribution in [0.5, 0.6) is 0 Å². The molecule has 10 nitrogen and oxygen atoms in total. The van der Waals surface area contributed by atoms with E-state index in [9.17, 15) is 8.42 Å². The molecule has 4 rings (SSSR count). The van der Waals surface area contributed by atoms with Gasteiger partial charge in [-0.1, -0.05) is 0 Å². The lowest BCUT2D eigenvalue weighted by Gasteiger charge is -2.08. The van der Waals surface area contributed by atoms with Crippen LogP contribution in [0.25, 0.3) is 16.9 Å². The van der Waals surface area contributed by atoms with Gasteiger partial charge in [-0.25, -0.2) is 23.5 Å². The Morgan fingerprint density at radius 3 is 2.50 bits per heavy atom. The van der Waals surface area contributed by atoms with E-state index in [1.807, 2.05) is 4.40 Å². The molecule has 26 heavy (non-hydrogen) atoms. The van der Waals surface area contributed by atoms with Crippen LogP contribution in [0.2, 0.25) is 0 Å². The Labute approximate surface area is 148 Å². The molecule has 0 atom stereocenters. The average molecular weight is 370 g/mol. The monoisotopic (exact) mass is 370 g/mol. The number of nitrogens with zero attached hydrogens (tertiary/aromatic N) is 5. The topological polar surface area (TPSA) is 146 Å². The SMILES string of the molecule is Nn1cc(-c2cnc3c(Nc4ccc(S(N)(=O)=O)cc4)nccn23)cn1. The van der Waals surface area contributed by atoms with Gasteiger partial charge in [-0.2, -0.15) is 9.89 Å². The summed E-state index contributed by atoms with van der Waals surface area (Å²) in [5, 5.41) is 12.2. The molecule has 0 aliphatic heterocycles. The van der Waals surface area contributed by atoms with Crippen LogP contribution in [-0.4, -0.2) is 32.7 Å². The standard InChI is InChI=1S/C15H14N8O2S/c16-23-9-10(7-20-23)13-8-19-15-14(18-5-6-22(13)15)21-11-1-3-12(4-2-11)26(17,24)25/h1-9H,16H2,(H,18,21)(H2,17,24,25). The number of nitrogens with two attached hydrogens (primary N) is 2. The number of nitrogen functional groups attached to an aromatic ring is 1. The fourth-order valence-corrected chi connectivity index (χ4v) is 3.07. The highest BCUT2D eigenvalue weighted by Crippen LogP contribution is 2.25. The minimum atomic E-state index is -3.73. The van der Waals surface area contributed by atoms with Crippen molar-refractivity contribution in [2.75, 3.05) is 11.2 Å². The van der Waals surface area contributed by atoms with Gasteiger partial charge in [0.1, 0.15) is 0 Å². The van der Waals surface area contributed by atoms with Crippen molar-refractivity contribution in [3.8, 4) is 11.3 Å². The minimum absolute atomic E-state index is 0.0381. The molecule has 3 heterocycles. The molecule has 0 fully saturated rings. The molecule has 0 bridgehead atoms. The predicted molar refractivity (Wildman–Crippen MR) is 95.5 cm³/mol. The highest BCUT2D eigenvalue weighted by atomic mass is 32.2. The third-order valence-corrected chi connectivity index (χ3v) is 4.70. The number of hydrogen-bond acceptors (Lipinski definition) is 7. The number of primary sulfonamides is 1. The fraction of sp³-hybridized carbons (Fsp3) is 0. The van der Waals surface area contributed by atoms with E-state index in [0.29, 0.717) is 17.2 Å². The molecule has 0 saturated heterocycles. The molecule has 0 unspecified atom stereocenters. The van der Waals surface area contributed by atoms with E-state index >= 15 is 0 Å². The largest absolute Gasteiger partial charge is 0.337 e. The zero-order valence-corrected chi connectivity index (χ0v) is 14.1. The van der Waals surface area contributed by atoms with Gasteiger partial charge in [0, 0.05) is 23.6 Å². The number of hydrogen-bond donors (Lipinski definition) is 3. The summed E-state index contributed by atoms with van der Waals surface area (Å²) in [6.45, 7) is 0. The predicted octanol–water partition coefficient (Wildman–Crippen LogP) is 0.698. The van der Waals surface area contributed by atoms with Gasteiger partial charge in [0.25, 0.3) is 0 Å². The minimum Gasteiger partial charge on any atom is -0.337 e. The van der Waals surface area contributed by atoms with Gasteiger partial charge < -0.3 is 11.2 Å². The van der Waals surface area contributed by atoms with Crippen LogP contribution in [-0.2, 0) is 10.0 Å². The number of fused-ring (bicyclic) bond motifs is 1. The Morgan fingerprint density at radius 1 is 1.08 bits per heavy atom. The van der Waals surface area contributed by atoms with Crippen molar-refractivity contribution in [2.24, 2.45) is 5.14 Å². The molecular formula is C15H14N8O2S. The lowest BCUT2D eigenvalue weighted by atomic mass is 10.3. The van der Waals surface area contributed by atoms with E-state index in [2.05, 4.69) is 20.4 Å². The lowest BCUT2D eigenvalue weighted by Crippen LogP contribution is -2.11.